The van der Waals surface area contributed by atoms with Crippen molar-refractivity contribution >= 4 is 43.6 Å². The Morgan fingerprint density at radius 1 is 0.400 bits per heavy atom. The monoisotopic (exact) mass is 576 g/mol. The molecular weight excluding hydrogens is 552 g/mol. The van der Waals surface area contributed by atoms with E-state index in [1.54, 1.807) is 0 Å². The summed E-state index contributed by atoms with van der Waals surface area (Å²) in [5.74, 6) is 1.92. The molecule has 3 aromatic heterocycles. The van der Waals surface area contributed by atoms with Crippen molar-refractivity contribution in [1.82, 2.24) is 19.9 Å². The highest BCUT2D eigenvalue weighted by Gasteiger charge is 2.18. The number of hydrogen-bond donors (Lipinski definition) is 0. The third kappa shape index (κ3) is 4.17. The fourth-order valence-electron chi connectivity index (χ4n) is 6.33. The molecule has 9 aromatic rings. The SMILES string of the molecule is c1ccc(-c2nc(-c3ccccc3)nc(-c3cccc4c(-c5cccc6oc7c8cccnc8ccc7c56)cccc34)n2)cc1. The molecule has 0 fully saturated rings. The van der Waals surface area contributed by atoms with Gasteiger partial charge in [-0.3, -0.25) is 4.98 Å². The van der Waals surface area contributed by atoms with Crippen LogP contribution in [0.5, 0.6) is 0 Å². The van der Waals surface area contributed by atoms with Crippen molar-refractivity contribution in [1.29, 1.82) is 0 Å². The van der Waals surface area contributed by atoms with E-state index in [9.17, 15) is 0 Å². The van der Waals surface area contributed by atoms with E-state index >= 15 is 0 Å². The van der Waals surface area contributed by atoms with Crippen molar-refractivity contribution in [3.63, 3.8) is 0 Å². The van der Waals surface area contributed by atoms with E-state index < -0.39 is 0 Å². The second-order valence-electron chi connectivity index (χ2n) is 11.0. The Bertz CT molecular complexity index is 2480. The van der Waals surface area contributed by atoms with Gasteiger partial charge in [0, 0.05) is 39.0 Å². The summed E-state index contributed by atoms with van der Waals surface area (Å²) in [6, 6.07) is 47.4. The van der Waals surface area contributed by atoms with Crippen molar-refractivity contribution in [3.8, 4) is 45.3 Å². The second kappa shape index (κ2) is 10.2. The Kier molecular flexibility index (Phi) is 5.74. The van der Waals surface area contributed by atoms with Crippen LogP contribution in [-0.2, 0) is 0 Å². The van der Waals surface area contributed by atoms with Gasteiger partial charge in [0.05, 0.1) is 5.52 Å². The third-order valence-electron chi connectivity index (χ3n) is 8.40. The Morgan fingerprint density at radius 3 is 1.73 bits per heavy atom. The smallest absolute Gasteiger partial charge is 0.164 e. The Labute approximate surface area is 258 Å². The zero-order valence-electron chi connectivity index (χ0n) is 24.1. The van der Waals surface area contributed by atoms with Crippen LogP contribution in [0, 0.1) is 0 Å². The molecule has 6 aromatic carbocycles. The van der Waals surface area contributed by atoms with Crippen molar-refractivity contribution in [2.24, 2.45) is 0 Å². The molecule has 0 aliphatic carbocycles. The van der Waals surface area contributed by atoms with E-state index in [1.165, 1.54) is 0 Å². The van der Waals surface area contributed by atoms with Gasteiger partial charge in [0.15, 0.2) is 17.5 Å². The molecule has 9 rings (SSSR count). The number of benzene rings is 6. The minimum atomic E-state index is 0.636. The van der Waals surface area contributed by atoms with Crippen molar-refractivity contribution < 1.29 is 4.42 Å². The van der Waals surface area contributed by atoms with E-state index in [0.29, 0.717) is 17.5 Å². The molecule has 0 radical (unpaired) electrons. The molecule has 210 valence electrons. The number of furan rings is 1. The molecule has 0 spiro atoms. The van der Waals surface area contributed by atoms with E-state index in [-0.39, 0.29) is 0 Å². The summed E-state index contributed by atoms with van der Waals surface area (Å²) in [4.78, 5) is 19.5. The van der Waals surface area contributed by atoms with Gasteiger partial charge in [0.2, 0.25) is 0 Å². The zero-order chi connectivity index (χ0) is 29.7. The molecule has 5 heteroatoms. The molecule has 45 heavy (non-hydrogen) atoms. The first-order valence-corrected chi connectivity index (χ1v) is 14.9. The van der Waals surface area contributed by atoms with Crippen LogP contribution in [0.4, 0.5) is 0 Å². The fraction of sp³-hybridized carbons (Fsp3) is 0. The molecule has 0 bridgehead atoms. The Morgan fingerprint density at radius 2 is 1.00 bits per heavy atom. The topological polar surface area (TPSA) is 64.7 Å². The lowest BCUT2D eigenvalue weighted by Crippen LogP contribution is -2.00. The van der Waals surface area contributed by atoms with Crippen LogP contribution in [0.1, 0.15) is 0 Å². The summed E-state index contributed by atoms with van der Waals surface area (Å²) in [5, 5.41) is 5.36. The predicted octanol–water partition coefficient (Wildman–Crippen LogP) is 10.1. The van der Waals surface area contributed by atoms with Gasteiger partial charge in [0.25, 0.3) is 0 Å². The van der Waals surface area contributed by atoms with Crippen LogP contribution in [0.2, 0.25) is 0 Å². The van der Waals surface area contributed by atoms with Gasteiger partial charge >= 0.3 is 0 Å². The summed E-state index contributed by atoms with van der Waals surface area (Å²) in [7, 11) is 0. The van der Waals surface area contributed by atoms with Crippen molar-refractivity contribution in [2.45, 2.75) is 0 Å². The third-order valence-corrected chi connectivity index (χ3v) is 8.40. The summed E-state index contributed by atoms with van der Waals surface area (Å²) < 4.78 is 6.48. The molecular formula is C40H24N4O. The van der Waals surface area contributed by atoms with Crippen LogP contribution < -0.4 is 0 Å². The lowest BCUT2D eigenvalue weighted by atomic mass is 9.92. The Balaban J connectivity index is 1.28. The lowest BCUT2D eigenvalue weighted by Gasteiger charge is -2.13. The first-order chi connectivity index (χ1) is 22.3. The first kappa shape index (κ1) is 25.3. The van der Waals surface area contributed by atoms with Crippen LogP contribution in [0.3, 0.4) is 0 Å². The standard InChI is InChI=1S/C40H24N4O/c1-3-11-25(12-4-1)38-42-39(26-13-5-2-6-14-26)44-40(43-38)31-19-8-15-27-28(16-7-17-29(27)31)30-18-9-21-35-36(30)33-22-23-34-32(37(33)45-35)20-10-24-41-34/h1-24H. The minimum Gasteiger partial charge on any atom is -0.455 e. The fourth-order valence-corrected chi connectivity index (χ4v) is 6.33. The molecule has 0 unspecified atom stereocenters. The van der Waals surface area contributed by atoms with Gasteiger partial charge in [-0.2, -0.15) is 0 Å². The average molecular weight is 577 g/mol. The summed E-state index contributed by atoms with van der Waals surface area (Å²) in [5.41, 5.74) is 7.70. The van der Waals surface area contributed by atoms with Gasteiger partial charge in [-0.25, -0.2) is 15.0 Å². The van der Waals surface area contributed by atoms with Gasteiger partial charge in [-0.1, -0.05) is 109 Å². The molecule has 5 nitrogen and oxygen atoms in total. The molecule has 0 amide bonds. The lowest BCUT2D eigenvalue weighted by molar-refractivity contribution is 0.672. The van der Waals surface area contributed by atoms with Gasteiger partial charge in [-0.15, -0.1) is 0 Å². The maximum atomic E-state index is 6.48. The number of pyridine rings is 1. The molecule has 0 N–H and O–H groups in total. The molecule has 3 heterocycles. The molecule has 0 aliphatic rings. The minimum absolute atomic E-state index is 0.636. The van der Waals surface area contributed by atoms with Gasteiger partial charge < -0.3 is 4.42 Å². The molecule has 0 saturated heterocycles. The number of rotatable bonds is 4. The number of fused-ring (bicyclic) bond motifs is 6. The Hall–Kier alpha value is -6.20. The van der Waals surface area contributed by atoms with Crippen LogP contribution in [0.25, 0.3) is 88.9 Å². The summed E-state index contributed by atoms with van der Waals surface area (Å²) >= 11 is 0. The number of hydrogen-bond acceptors (Lipinski definition) is 5. The first-order valence-electron chi connectivity index (χ1n) is 14.9. The predicted molar refractivity (Wildman–Crippen MR) is 182 cm³/mol. The average Bonchev–Trinajstić information content (AvgIpc) is 3.51. The van der Waals surface area contributed by atoms with E-state index in [4.69, 9.17) is 19.4 Å². The maximum absolute atomic E-state index is 6.48. The summed E-state index contributed by atoms with van der Waals surface area (Å²) in [6.07, 6.45) is 1.81. The van der Waals surface area contributed by atoms with E-state index in [2.05, 4.69) is 71.7 Å². The highest BCUT2D eigenvalue weighted by molar-refractivity contribution is 6.20. The van der Waals surface area contributed by atoms with Crippen LogP contribution >= 0.6 is 0 Å². The highest BCUT2D eigenvalue weighted by Crippen LogP contribution is 2.42. The van der Waals surface area contributed by atoms with E-state index in [1.807, 2.05) is 79.0 Å². The van der Waals surface area contributed by atoms with Gasteiger partial charge in [0.1, 0.15) is 11.2 Å². The maximum Gasteiger partial charge on any atom is 0.164 e. The quantitative estimate of drug-likeness (QED) is 0.209. The van der Waals surface area contributed by atoms with E-state index in [0.717, 1.165) is 71.4 Å². The molecule has 0 aliphatic heterocycles. The second-order valence-corrected chi connectivity index (χ2v) is 11.0. The normalized spacial score (nSPS) is 11.6. The highest BCUT2D eigenvalue weighted by atomic mass is 16.3. The van der Waals surface area contributed by atoms with Gasteiger partial charge in [-0.05, 0) is 52.2 Å². The summed E-state index contributed by atoms with van der Waals surface area (Å²) in [6.45, 7) is 0. The largest absolute Gasteiger partial charge is 0.455 e. The van der Waals surface area contributed by atoms with Crippen LogP contribution in [-0.4, -0.2) is 19.9 Å². The molecule has 0 saturated carbocycles. The van der Waals surface area contributed by atoms with Crippen molar-refractivity contribution in [3.05, 3.63) is 146 Å². The molecule has 0 atom stereocenters. The number of nitrogens with zero attached hydrogens (tertiary/aromatic N) is 4. The van der Waals surface area contributed by atoms with Crippen LogP contribution in [0.15, 0.2) is 150 Å². The number of aromatic nitrogens is 4. The van der Waals surface area contributed by atoms with Crippen molar-refractivity contribution in [2.75, 3.05) is 0 Å². The zero-order valence-corrected chi connectivity index (χ0v) is 24.1.